The molecule has 1 fully saturated rings. The van der Waals surface area contributed by atoms with Gasteiger partial charge in [0.05, 0.1) is 0 Å². The Balaban J connectivity index is 1.25. The number of fused-ring (bicyclic) bond motifs is 1. The minimum atomic E-state index is -0.147. The molecule has 2 N–H and O–H groups in total. The number of carbonyl (C=O) groups is 2. The van der Waals surface area contributed by atoms with Crippen LogP contribution < -0.4 is 20.1 Å². The number of pyridine rings is 1. The fraction of sp³-hybridized carbons (Fsp3) is 0.381. The number of rotatable bonds is 8. The van der Waals surface area contributed by atoms with Crippen LogP contribution in [0.1, 0.15) is 35.2 Å². The van der Waals surface area contributed by atoms with Crippen LogP contribution in [0.3, 0.4) is 0 Å². The predicted molar refractivity (Wildman–Crippen MR) is 107 cm³/mol. The van der Waals surface area contributed by atoms with Gasteiger partial charge in [0.1, 0.15) is 5.82 Å². The number of amides is 2. The monoisotopic (exact) mass is 396 g/mol. The van der Waals surface area contributed by atoms with Gasteiger partial charge in [0.2, 0.25) is 12.7 Å². The molecule has 0 radical (unpaired) electrons. The van der Waals surface area contributed by atoms with Crippen LogP contribution in [0.5, 0.6) is 11.5 Å². The van der Waals surface area contributed by atoms with Gasteiger partial charge < -0.3 is 25.0 Å². The Labute approximate surface area is 169 Å². The van der Waals surface area contributed by atoms with Gasteiger partial charge in [-0.1, -0.05) is 6.07 Å². The van der Waals surface area contributed by atoms with E-state index in [-0.39, 0.29) is 18.6 Å². The topological polar surface area (TPSA) is 92.8 Å². The zero-order valence-electron chi connectivity index (χ0n) is 16.1. The van der Waals surface area contributed by atoms with E-state index in [1.807, 2.05) is 23.1 Å². The molecule has 4 rings (SSSR count). The number of likely N-dealkylation sites (tertiary alicyclic amines) is 1. The number of anilines is 1. The van der Waals surface area contributed by atoms with Gasteiger partial charge in [-0.3, -0.25) is 9.59 Å². The average Bonchev–Trinajstić information content (AvgIpc) is 3.38. The second-order valence-corrected chi connectivity index (χ2v) is 7.06. The van der Waals surface area contributed by atoms with E-state index in [4.69, 9.17) is 9.47 Å². The molecule has 0 saturated carbocycles. The first-order chi connectivity index (χ1) is 14.2. The quantitative estimate of drug-likeness (QED) is 0.665. The number of hydrogen-bond donors (Lipinski definition) is 2. The second kappa shape index (κ2) is 8.81. The molecule has 0 aliphatic carbocycles. The van der Waals surface area contributed by atoms with Crippen LogP contribution in [0.2, 0.25) is 0 Å². The molecule has 1 saturated heterocycles. The molecule has 0 unspecified atom stereocenters. The summed E-state index contributed by atoms with van der Waals surface area (Å²) in [5.41, 5.74) is 1.58. The minimum Gasteiger partial charge on any atom is -0.454 e. The highest BCUT2D eigenvalue weighted by atomic mass is 16.7. The van der Waals surface area contributed by atoms with E-state index >= 15 is 0 Å². The highest BCUT2D eigenvalue weighted by Gasteiger charge is 2.19. The van der Waals surface area contributed by atoms with Crippen molar-refractivity contribution >= 4 is 17.6 Å². The molecular formula is C21H24N4O4. The van der Waals surface area contributed by atoms with Crippen molar-refractivity contribution in [2.24, 2.45) is 0 Å². The molecule has 152 valence electrons. The Morgan fingerprint density at radius 3 is 2.93 bits per heavy atom. The van der Waals surface area contributed by atoms with Gasteiger partial charge in [-0.15, -0.1) is 0 Å². The Kier molecular flexibility index (Phi) is 5.79. The van der Waals surface area contributed by atoms with Crippen molar-refractivity contribution < 1.29 is 19.1 Å². The van der Waals surface area contributed by atoms with E-state index in [9.17, 15) is 9.59 Å². The lowest BCUT2D eigenvalue weighted by molar-refractivity contribution is -0.127. The normalized spacial score (nSPS) is 14.9. The molecule has 2 aliphatic heterocycles. The molecule has 2 aromatic rings. The van der Waals surface area contributed by atoms with Crippen LogP contribution in [-0.2, 0) is 11.3 Å². The van der Waals surface area contributed by atoms with E-state index in [0.29, 0.717) is 37.4 Å². The maximum absolute atomic E-state index is 12.4. The molecule has 8 nitrogen and oxygen atoms in total. The molecule has 1 aromatic heterocycles. The number of hydrogen-bond acceptors (Lipinski definition) is 6. The summed E-state index contributed by atoms with van der Waals surface area (Å²) < 4.78 is 10.7. The fourth-order valence-electron chi connectivity index (χ4n) is 3.43. The van der Waals surface area contributed by atoms with E-state index in [0.717, 1.165) is 36.4 Å². The number of nitrogens with one attached hydrogen (secondary N) is 2. The summed E-state index contributed by atoms with van der Waals surface area (Å²) in [7, 11) is 0. The van der Waals surface area contributed by atoms with E-state index in [1.165, 1.54) is 0 Å². The number of carbonyl (C=O) groups excluding carboxylic acids is 2. The van der Waals surface area contributed by atoms with E-state index in [2.05, 4.69) is 15.6 Å². The Morgan fingerprint density at radius 1 is 1.17 bits per heavy atom. The summed E-state index contributed by atoms with van der Waals surface area (Å²) in [6.07, 6.45) is 3.94. The highest BCUT2D eigenvalue weighted by Crippen LogP contribution is 2.32. The number of aromatic nitrogens is 1. The van der Waals surface area contributed by atoms with Gasteiger partial charge >= 0.3 is 0 Å². The molecule has 0 atom stereocenters. The van der Waals surface area contributed by atoms with Crippen LogP contribution in [0.15, 0.2) is 36.5 Å². The summed E-state index contributed by atoms with van der Waals surface area (Å²) in [5.74, 6) is 2.17. The van der Waals surface area contributed by atoms with Gasteiger partial charge in [0.25, 0.3) is 5.91 Å². The molecule has 8 heteroatoms. The number of nitrogens with zero attached hydrogens (tertiary/aromatic N) is 2. The molecule has 3 heterocycles. The van der Waals surface area contributed by atoms with Crippen molar-refractivity contribution in [3.8, 4) is 11.5 Å². The van der Waals surface area contributed by atoms with Crippen molar-refractivity contribution in [2.45, 2.75) is 25.8 Å². The van der Waals surface area contributed by atoms with E-state index in [1.54, 1.807) is 18.3 Å². The molecule has 1 aromatic carbocycles. The maximum atomic E-state index is 12.4. The largest absolute Gasteiger partial charge is 0.454 e. The summed E-state index contributed by atoms with van der Waals surface area (Å²) in [6, 6.07) is 9.18. The SMILES string of the molecule is O=C(NCCCN1CCCC1=O)c1ccnc(NCc2ccc3c(c2)OCO3)c1. The minimum absolute atomic E-state index is 0.147. The summed E-state index contributed by atoms with van der Waals surface area (Å²) in [5, 5.41) is 6.13. The highest BCUT2D eigenvalue weighted by molar-refractivity contribution is 5.94. The predicted octanol–water partition coefficient (Wildman–Crippen LogP) is 2.16. The van der Waals surface area contributed by atoms with Crippen molar-refractivity contribution in [2.75, 3.05) is 31.7 Å². The van der Waals surface area contributed by atoms with Crippen LogP contribution in [0.4, 0.5) is 5.82 Å². The van der Waals surface area contributed by atoms with Gasteiger partial charge in [-0.25, -0.2) is 4.98 Å². The van der Waals surface area contributed by atoms with Crippen molar-refractivity contribution in [1.82, 2.24) is 15.2 Å². The van der Waals surface area contributed by atoms with Crippen molar-refractivity contribution in [3.05, 3.63) is 47.7 Å². The maximum Gasteiger partial charge on any atom is 0.251 e. The first-order valence-corrected chi connectivity index (χ1v) is 9.83. The number of ether oxygens (including phenoxy) is 2. The van der Waals surface area contributed by atoms with Crippen molar-refractivity contribution in [3.63, 3.8) is 0 Å². The van der Waals surface area contributed by atoms with Gasteiger partial charge in [-0.2, -0.15) is 0 Å². The zero-order chi connectivity index (χ0) is 20.1. The van der Waals surface area contributed by atoms with Gasteiger partial charge in [0.15, 0.2) is 11.5 Å². The first-order valence-electron chi connectivity index (χ1n) is 9.83. The molecule has 2 amide bonds. The zero-order valence-corrected chi connectivity index (χ0v) is 16.1. The standard InChI is InChI=1S/C21H24N4O4/c26-20-3-1-9-25(20)10-2-7-23-21(27)16-6-8-22-19(12-16)24-13-15-4-5-17-18(11-15)29-14-28-17/h4-6,8,11-12H,1-3,7,9-10,13-14H2,(H,22,24)(H,23,27). The Morgan fingerprint density at radius 2 is 2.07 bits per heavy atom. The summed E-state index contributed by atoms with van der Waals surface area (Å²) in [6.45, 7) is 2.86. The molecular weight excluding hydrogens is 372 g/mol. The molecule has 0 bridgehead atoms. The van der Waals surface area contributed by atoms with Crippen LogP contribution in [-0.4, -0.2) is 48.1 Å². The van der Waals surface area contributed by atoms with Crippen LogP contribution in [0.25, 0.3) is 0 Å². The third-order valence-corrected chi connectivity index (χ3v) is 4.99. The smallest absolute Gasteiger partial charge is 0.251 e. The Hall–Kier alpha value is -3.29. The molecule has 29 heavy (non-hydrogen) atoms. The van der Waals surface area contributed by atoms with Gasteiger partial charge in [0, 0.05) is 44.4 Å². The third-order valence-electron chi connectivity index (χ3n) is 4.99. The number of benzene rings is 1. The van der Waals surface area contributed by atoms with Crippen LogP contribution >= 0.6 is 0 Å². The van der Waals surface area contributed by atoms with Gasteiger partial charge in [-0.05, 0) is 42.7 Å². The summed E-state index contributed by atoms with van der Waals surface area (Å²) >= 11 is 0. The third kappa shape index (κ3) is 4.77. The van der Waals surface area contributed by atoms with E-state index < -0.39 is 0 Å². The fourth-order valence-corrected chi connectivity index (χ4v) is 3.43. The first kappa shape index (κ1) is 19.0. The average molecular weight is 396 g/mol. The second-order valence-electron chi connectivity index (χ2n) is 7.06. The lowest BCUT2D eigenvalue weighted by Gasteiger charge is -2.15. The van der Waals surface area contributed by atoms with Crippen LogP contribution in [0, 0.1) is 0 Å². The van der Waals surface area contributed by atoms with Crippen molar-refractivity contribution in [1.29, 1.82) is 0 Å². The lowest BCUT2D eigenvalue weighted by Crippen LogP contribution is -2.30. The Bertz CT molecular complexity index is 902. The molecule has 2 aliphatic rings. The summed E-state index contributed by atoms with van der Waals surface area (Å²) in [4.78, 5) is 30.1. The lowest BCUT2D eigenvalue weighted by atomic mass is 10.2. The molecule has 0 spiro atoms.